The van der Waals surface area contributed by atoms with Gasteiger partial charge in [-0.1, -0.05) is 43.3 Å². The fourth-order valence-corrected chi connectivity index (χ4v) is 3.53. The van der Waals surface area contributed by atoms with E-state index in [-0.39, 0.29) is 17.3 Å². The van der Waals surface area contributed by atoms with Crippen LogP contribution < -0.4 is 5.56 Å². The van der Waals surface area contributed by atoms with Gasteiger partial charge in [-0.25, -0.2) is 9.37 Å². The Balaban J connectivity index is 2.57. The van der Waals surface area contributed by atoms with E-state index in [2.05, 4.69) is 16.9 Å². The normalized spacial score (nSPS) is 12.4. The lowest BCUT2D eigenvalue weighted by atomic mass is 9.90. The highest BCUT2D eigenvalue weighted by Crippen LogP contribution is 2.35. The molecule has 1 aromatic carbocycles. The number of benzene rings is 1. The molecule has 0 aliphatic heterocycles. The number of thioether (sulfide) groups is 1. The van der Waals surface area contributed by atoms with Crippen LogP contribution in [0.4, 0.5) is 4.39 Å². The van der Waals surface area contributed by atoms with Gasteiger partial charge in [-0.3, -0.25) is 4.79 Å². The van der Waals surface area contributed by atoms with Gasteiger partial charge >= 0.3 is 0 Å². The molecule has 0 saturated heterocycles. The zero-order chi connectivity index (χ0) is 17.0. The second kappa shape index (κ2) is 7.97. The van der Waals surface area contributed by atoms with Crippen LogP contribution in [0.15, 0.2) is 28.2 Å². The van der Waals surface area contributed by atoms with E-state index >= 15 is 0 Å². The first kappa shape index (κ1) is 18.0. The molecular formula is C17H20ClFN2OS. The summed E-state index contributed by atoms with van der Waals surface area (Å²) < 4.78 is 14.3. The monoisotopic (exact) mass is 354 g/mol. The van der Waals surface area contributed by atoms with Crippen molar-refractivity contribution in [3.63, 3.8) is 0 Å². The molecule has 3 nitrogen and oxygen atoms in total. The van der Waals surface area contributed by atoms with Crippen molar-refractivity contribution in [2.24, 2.45) is 0 Å². The molecule has 0 spiro atoms. The summed E-state index contributed by atoms with van der Waals surface area (Å²) >= 11 is 7.71. The van der Waals surface area contributed by atoms with Crippen LogP contribution >= 0.6 is 23.4 Å². The predicted molar refractivity (Wildman–Crippen MR) is 94.2 cm³/mol. The van der Waals surface area contributed by atoms with Gasteiger partial charge in [0, 0.05) is 27.8 Å². The topological polar surface area (TPSA) is 45.8 Å². The largest absolute Gasteiger partial charge is 0.301 e. The number of halogens is 2. The van der Waals surface area contributed by atoms with Crippen molar-refractivity contribution < 1.29 is 4.39 Å². The van der Waals surface area contributed by atoms with Crippen molar-refractivity contribution in [1.29, 1.82) is 0 Å². The van der Waals surface area contributed by atoms with Gasteiger partial charge in [0.15, 0.2) is 5.16 Å². The van der Waals surface area contributed by atoms with Gasteiger partial charge in [-0.15, -0.1) is 0 Å². The van der Waals surface area contributed by atoms with Gasteiger partial charge in [0.05, 0.1) is 5.69 Å². The van der Waals surface area contributed by atoms with E-state index in [0.717, 1.165) is 12.2 Å². The lowest BCUT2D eigenvalue weighted by Gasteiger charge is -2.19. The van der Waals surface area contributed by atoms with E-state index in [1.165, 1.54) is 17.8 Å². The fraction of sp³-hybridized carbons (Fsp3) is 0.412. The molecule has 0 aliphatic carbocycles. The average molecular weight is 355 g/mol. The van der Waals surface area contributed by atoms with Gasteiger partial charge in [0.1, 0.15) is 5.82 Å². The molecular weight excluding hydrogens is 335 g/mol. The van der Waals surface area contributed by atoms with Crippen molar-refractivity contribution in [3.8, 4) is 0 Å². The summed E-state index contributed by atoms with van der Waals surface area (Å²) in [7, 11) is 0. The van der Waals surface area contributed by atoms with Gasteiger partial charge in [0.25, 0.3) is 5.56 Å². The SMILES string of the molecule is CCCSc1nc(C(CC)c2c(F)cccc2Cl)c(C)c(=O)[nH]1. The number of aromatic amines is 1. The molecule has 2 aromatic rings. The van der Waals surface area contributed by atoms with E-state index in [9.17, 15) is 9.18 Å². The zero-order valence-electron chi connectivity index (χ0n) is 13.5. The zero-order valence-corrected chi connectivity index (χ0v) is 15.0. The number of nitrogens with one attached hydrogen (secondary N) is 1. The number of aromatic nitrogens is 2. The Morgan fingerprint density at radius 1 is 1.39 bits per heavy atom. The van der Waals surface area contributed by atoms with Crippen molar-refractivity contribution >= 4 is 23.4 Å². The first-order chi connectivity index (χ1) is 11.0. The Morgan fingerprint density at radius 3 is 2.74 bits per heavy atom. The molecule has 0 aliphatic rings. The van der Waals surface area contributed by atoms with Gasteiger partial charge in [-0.2, -0.15) is 0 Å². The third-order valence-corrected chi connectivity index (χ3v) is 5.11. The minimum Gasteiger partial charge on any atom is -0.301 e. The third-order valence-electron chi connectivity index (χ3n) is 3.70. The Labute approximate surface area is 144 Å². The van der Waals surface area contributed by atoms with Gasteiger partial charge in [-0.05, 0) is 31.9 Å². The van der Waals surface area contributed by atoms with E-state index in [0.29, 0.717) is 33.4 Å². The third kappa shape index (κ3) is 3.96. The lowest BCUT2D eigenvalue weighted by Crippen LogP contribution is -2.19. The van der Waals surface area contributed by atoms with Crippen LogP contribution in [-0.4, -0.2) is 15.7 Å². The molecule has 0 bridgehead atoms. The van der Waals surface area contributed by atoms with Crippen LogP contribution in [0, 0.1) is 12.7 Å². The molecule has 1 atom stereocenters. The Kier molecular flexibility index (Phi) is 6.25. The Morgan fingerprint density at radius 2 is 2.13 bits per heavy atom. The van der Waals surface area contributed by atoms with Crippen LogP contribution in [0.3, 0.4) is 0 Å². The van der Waals surface area contributed by atoms with Crippen molar-refractivity contribution in [2.45, 2.75) is 44.7 Å². The molecule has 1 unspecified atom stereocenters. The molecule has 23 heavy (non-hydrogen) atoms. The van der Waals surface area contributed by atoms with Gasteiger partial charge < -0.3 is 4.98 Å². The molecule has 0 amide bonds. The molecule has 6 heteroatoms. The number of H-pyrrole nitrogens is 1. The highest BCUT2D eigenvalue weighted by Gasteiger charge is 2.24. The maximum atomic E-state index is 14.3. The summed E-state index contributed by atoms with van der Waals surface area (Å²) in [5, 5.41) is 0.935. The van der Waals surface area contributed by atoms with Crippen molar-refractivity contribution in [3.05, 3.63) is 56.2 Å². The first-order valence-electron chi connectivity index (χ1n) is 7.67. The predicted octanol–water partition coefficient (Wildman–Crippen LogP) is 4.91. The standard InChI is InChI=1S/C17H20ClFN2OS/c1-4-9-23-17-20-15(10(3)16(22)21-17)11(5-2)14-12(18)7-6-8-13(14)19/h6-8,11H,4-5,9H2,1-3H3,(H,20,21,22). The highest BCUT2D eigenvalue weighted by molar-refractivity contribution is 7.99. The van der Waals surface area contributed by atoms with Crippen LogP contribution in [0.25, 0.3) is 0 Å². The van der Waals surface area contributed by atoms with Crippen LogP contribution in [0.2, 0.25) is 5.02 Å². The molecule has 1 aromatic heterocycles. The number of rotatable bonds is 6. The summed E-state index contributed by atoms with van der Waals surface area (Å²) in [5.74, 6) is 0.156. The minimum atomic E-state index is -0.367. The van der Waals surface area contributed by atoms with E-state index in [1.807, 2.05) is 6.92 Å². The minimum absolute atomic E-state index is 0.181. The average Bonchev–Trinajstić information content (AvgIpc) is 2.52. The molecule has 2 rings (SSSR count). The number of hydrogen-bond donors (Lipinski definition) is 1. The van der Waals surface area contributed by atoms with Gasteiger partial charge in [0.2, 0.25) is 0 Å². The molecule has 124 valence electrons. The van der Waals surface area contributed by atoms with Crippen molar-refractivity contribution in [1.82, 2.24) is 9.97 Å². The molecule has 1 heterocycles. The molecule has 0 fully saturated rings. The van der Waals surface area contributed by atoms with E-state index in [1.54, 1.807) is 19.1 Å². The quantitative estimate of drug-likeness (QED) is 0.592. The highest BCUT2D eigenvalue weighted by atomic mass is 35.5. The summed E-state index contributed by atoms with van der Waals surface area (Å²) in [6.45, 7) is 5.72. The molecule has 0 radical (unpaired) electrons. The molecule has 0 saturated carbocycles. The summed E-state index contributed by atoms with van der Waals surface area (Å²) in [6, 6.07) is 4.63. The maximum absolute atomic E-state index is 14.3. The van der Waals surface area contributed by atoms with Crippen LogP contribution in [0.5, 0.6) is 0 Å². The second-order valence-corrected chi connectivity index (χ2v) is 6.82. The second-order valence-electron chi connectivity index (χ2n) is 5.33. The summed E-state index contributed by atoms with van der Waals surface area (Å²) in [6.07, 6.45) is 1.59. The van der Waals surface area contributed by atoms with E-state index < -0.39 is 0 Å². The summed E-state index contributed by atoms with van der Waals surface area (Å²) in [4.78, 5) is 19.6. The lowest BCUT2D eigenvalue weighted by molar-refractivity contribution is 0.585. The maximum Gasteiger partial charge on any atom is 0.254 e. The smallest absolute Gasteiger partial charge is 0.254 e. The Hall–Kier alpha value is -1.33. The van der Waals surface area contributed by atoms with Crippen molar-refractivity contribution in [2.75, 3.05) is 5.75 Å². The van der Waals surface area contributed by atoms with Crippen LogP contribution in [-0.2, 0) is 0 Å². The Bertz CT molecular complexity index is 728. The summed E-state index contributed by atoms with van der Waals surface area (Å²) in [5.41, 5.74) is 1.34. The van der Waals surface area contributed by atoms with E-state index in [4.69, 9.17) is 11.6 Å². The molecule has 1 N–H and O–H groups in total. The fourth-order valence-electron chi connectivity index (χ4n) is 2.51. The first-order valence-corrected chi connectivity index (χ1v) is 9.03. The number of hydrogen-bond acceptors (Lipinski definition) is 3. The van der Waals surface area contributed by atoms with Crippen LogP contribution in [0.1, 0.15) is 49.4 Å². The number of nitrogens with zero attached hydrogens (tertiary/aromatic N) is 1.